The van der Waals surface area contributed by atoms with Gasteiger partial charge in [0.05, 0.1) is 12.0 Å². The van der Waals surface area contributed by atoms with E-state index in [9.17, 15) is 13.2 Å². The van der Waals surface area contributed by atoms with Gasteiger partial charge in [0.2, 0.25) is 10.0 Å². The highest BCUT2D eigenvalue weighted by Gasteiger charge is 2.34. The lowest BCUT2D eigenvalue weighted by molar-refractivity contribution is 0.0875. The van der Waals surface area contributed by atoms with E-state index in [0.29, 0.717) is 48.6 Å². The number of methoxy groups -OCH3 is 1. The minimum atomic E-state index is -3.48. The second kappa shape index (κ2) is 8.13. The Morgan fingerprint density at radius 1 is 1.00 bits per heavy atom. The number of allylic oxidation sites excluding steroid dienone is 1. The van der Waals surface area contributed by atoms with Crippen LogP contribution in [0.25, 0.3) is 6.08 Å². The van der Waals surface area contributed by atoms with E-state index in [1.807, 2.05) is 30.3 Å². The smallest absolute Gasteiger partial charge is 0.239 e. The first-order valence-corrected chi connectivity index (χ1v) is 11.4. The summed E-state index contributed by atoms with van der Waals surface area (Å²) < 4.78 is 32.9. The number of piperidine rings is 1. The standard InChI is InChI=1S/C23H25NO4S/c1-28-21-9-6-18(7-10-21)23(25)19-12-14-24(15-13-19)29(26,27)22-11-8-17-4-2-3-5-20(17)16-22/h2-7,9-10,16,19H,8,11-15H2,1H3. The molecule has 1 aliphatic heterocycles. The molecule has 0 aromatic heterocycles. The number of benzene rings is 2. The van der Waals surface area contributed by atoms with Gasteiger partial charge in [-0.05, 0) is 67.2 Å². The van der Waals surface area contributed by atoms with Gasteiger partial charge in [-0.1, -0.05) is 24.3 Å². The van der Waals surface area contributed by atoms with Crippen LogP contribution in [0.2, 0.25) is 0 Å². The van der Waals surface area contributed by atoms with Crippen molar-refractivity contribution in [2.24, 2.45) is 5.92 Å². The van der Waals surface area contributed by atoms with E-state index in [-0.39, 0.29) is 11.7 Å². The van der Waals surface area contributed by atoms with Gasteiger partial charge in [0.15, 0.2) is 5.78 Å². The molecule has 4 rings (SSSR count). The van der Waals surface area contributed by atoms with Gasteiger partial charge in [-0.2, -0.15) is 4.31 Å². The second-order valence-electron chi connectivity index (χ2n) is 7.58. The van der Waals surface area contributed by atoms with E-state index in [2.05, 4.69) is 0 Å². The number of hydrogen-bond acceptors (Lipinski definition) is 4. The van der Waals surface area contributed by atoms with Crippen molar-refractivity contribution in [3.05, 3.63) is 70.1 Å². The van der Waals surface area contributed by atoms with Gasteiger partial charge in [-0.25, -0.2) is 8.42 Å². The van der Waals surface area contributed by atoms with Crippen molar-refractivity contribution < 1.29 is 17.9 Å². The van der Waals surface area contributed by atoms with Crippen LogP contribution in [-0.2, 0) is 16.4 Å². The van der Waals surface area contributed by atoms with Crippen molar-refractivity contribution >= 4 is 21.9 Å². The highest BCUT2D eigenvalue weighted by Crippen LogP contribution is 2.31. The molecule has 0 bridgehead atoms. The predicted octanol–water partition coefficient (Wildman–Crippen LogP) is 3.91. The molecule has 1 aliphatic carbocycles. The number of carbonyl (C=O) groups is 1. The quantitative estimate of drug-likeness (QED) is 0.700. The van der Waals surface area contributed by atoms with Gasteiger partial charge in [0, 0.05) is 24.6 Å². The Labute approximate surface area is 172 Å². The largest absolute Gasteiger partial charge is 0.497 e. The van der Waals surface area contributed by atoms with Crippen molar-refractivity contribution in [1.82, 2.24) is 4.31 Å². The Bertz CT molecular complexity index is 1030. The highest BCUT2D eigenvalue weighted by molar-refractivity contribution is 7.93. The zero-order valence-corrected chi connectivity index (χ0v) is 17.3. The van der Waals surface area contributed by atoms with Crippen molar-refractivity contribution in [3.63, 3.8) is 0 Å². The molecular formula is C23H25NO4S. The molecule has 152 valence electrons. The van der Waals surface area contributed by atoms with Crippen molar-refractivity contribution in [3.8, 4) is 5.75 Å². The van der Waals surface area contributed by atoms with E-state index >= 15 is 0 Å². The summed E-state index contributed by atoms with van der Waals surface area (Å²) in [4.78, 5) is 13.3. The Morgan fingerprint density at radius 3 is 2.38 bits per heavy atom. The predicted molar refractivity (Wildman–Crippen MR) is 113 cm³/mol. The maximum Gasteiger partial charge on any atom is 0.239 e. The van der Waals surface area contributed by atoms with E-state index in [1.54, 1.807) is 35.7 Å². The molecule has 29 heavy (non-hydrogen) atoms. The molecule has 0 saturated carbocycles. The first kappa shape index (κ1) is 19.9. The number of hydrogen-bond donors (Lipinski definition) is 0. The maximum absolute atomic E-state index is 13.1. The van der Waals surface area contributed by atoms with Crippen molar-refractivity contribution in [1.29, 1.82) is 0 Å². The lowest BCUT2D eigenvalue weighted by Gasteiger charge is -2.32. The van der Waals surface area contributed by atoms with Crippen LogP contribution in [0.5, 0.6) is 5.75 Å². The fourth-order valence-corrected chi connectivity index (χ4v) is 5.78. The molecule has 2 aromatic rings. The number of ketones is 1. The Balaban J connectivity index is 1.44. The van der Waals surface area contributed by atoms with Crippen LogP contribution in [0.1, 0.15) is 40.7 Å². The third kappa shape index (κ3) is 4.00. The average Bonchev–Trinajstić information content (AvgIpc) is 2.78. The molecule has 6 heteroatoms. The summed E-state index contributed by atoms with van der Waals surface area (Å²) in [5.41, 5.74) is 2.83. The first-order chi connectivity index (χ1) is 14.0. The lowest BCUT2D eigenvalue weighted by Crippen LogP contribution is -2.41. The number of ether oxygens (including phenoxy) is 1. The topological polar surface area (TPSA) is 63.7 Å². The number of carbonyl (C=O) groups excluding carboxylic acids is 1. The number of aryl methyl sites for hydroxylation is 1. The number of fused-ring (bicyclic) bond motifs is 1. The molecule has 2 aromatic carbocycles. The third-order valence-electron chi connectivity index (χ3n) is 5.88. The van der Waals surface area contributed by atoms with Gasteiger partial charge in [-0.15, -0.1) is 0 Å². The maximum atomic E-state index is 13.1. The summed E-state index contributed by atoms with van der Waals surface area (Å²) in [6.07, 6.45) is 4.18. The Hall–Kier alpha value is -2.44. The van der Waals surface area contributed by atoms with Crippen LogP contribution >= 0.6 is 0 Å². The van der Waals surface area contributed by atoms with Crippen LogP contribution in [0.15, 0.2) is 53.4 Å². The number of nitrogens with zero attached hydrogens (tertiary/aromatic N) is 1. The summed E-state index contributed by atoms with van der Waals surface area (Å²) in [5.74, 6) is 0.649. The molecule has 0 spiro atoms. The van der Waals surface area contributed by atoms with Crippen molar-refractivity contribution in [2.75, 3.05) is 20.2 Å². The van der Waals surface area contributed by atoms with Crippen LogP contribution in [0.3, 0.4) is 0 Å². The molecule has 0 radical (unpaired) electrons. The molecule has 0 amide bonds. The average molecular weight is 412 g/mol. The van der Waals surface area contributed by atoms with Gasteiger partial charge >= 0.3 is 0 Å². The van der Waals surface area contributed by atoms with Crippen molar-refractivity contribution in [2.45, 2.75) is 25.7 Å². The fraction of sp³-hybridized carbons (Fsp3) is 0.348. The zero-order valence-electron chi connectivity index (χ0n) is 16.5. The molecule has 0 atom stereocenters. The van der Waals surface area contributed by atoms with Crippen LogP contribution < -0.4 is 4.74 Å². The molecule has 1 heterocycles. The minimum Gasteiger partial charge on any atom is -0.497 e. The summed E-state index contributed by atoms with van der Waals surface area (Å²) >= 11 is 0. The number of rotatable bonds is 5. The second-order valence-corrected chi connectivity index (χ2v) is 9.57. The highest BCUT2D eigenvalue weighted by atomic mass is 32.2. The zero-order chi connectivity index (χ0) is 20.4. The fourth-order valence-electron chi connectivity index (χ4n) is 4.12. The van der Waals surface area contributed by atoms with E-state index in [4.69, 9.17) is 4.74 Å². The summed E-state index contributed by atoms with van der Waals surface area (Å²) in [7, 11) is -1.89. The summed E-state index contributed by atoms with van der Waals surface area (Å²) in [5, 5.41) is 0. The van der Waals surface area contributed by atoms with Gasteiger partial charge < -0.3 is 4.74 Å². The van der Waals surface area contributed by atoms with E-state index in [1.165, 1.54) is 5.56 Å². The molecule has 0 N–H and O–H groups in total. The minimum absolute atomic E-state index is 0.0792. The van der Waals surface area contributed by atoms with Crippen LogP contribution in [-0.4, -0.2) is 38.7 Å². The molecule has 2 aliphatic rings. The first-order valence-electron chi connectivity index (χ1n) is 9.96. The summed E-state index contributed by atoms with van der Waals surface area (Å²) in [6, 6.07) is 15.0. The molecule has 5 nitrogen and oxygen atoms in total. The Morgan fingerprint density at radius 2 is 1.69 bits per heavy atom. The van der Waals surface area contributed by atoms with Gasteiger partial charge in [0.25, 0.3) is 0 Å². The van der Waals surface area contributed by atoms with Crippen LogP contribution in [0, 0.1) is 5.92 Å². The molecule has 1 saturated heterocycles. The molecular weight excluding hydrogens is 386 g/mol. The molecule has 0 unspecified atom stereocenters. The van der Waals surface area contributed by atoms with E-state index < -0.39 is 10.0 Å². The third-order valence-corrected chi connectivity index (χ3v) is 7.91. The lowest BCUT2D eigenvalue weighted by atomic mass is 9.89. The number of sulfonamides is 1. The molecule has 1 fully saturated rings. The van der Waals surface area contributed by atoms with Gasteiger partial charge in [0.1, 0.15) is 5.75 Å². The Kier molecular flexibility index (Phi) is 5.56. The van der Waals surface area contributed by atoms with Crippen LogP contribution in [0.4, 0.5) is 0 Å². The van der Waals surface area contributed by atoms with Gasteiger partial charge in [-0.3, -0.25) is 4.79 Å². The normalized spacial score (nSPS) is 18.0. The summed E-state index contributed by atoms with van der Waals surface area (Å²) in [6.45, 7) is 0.766. The SMILES string of the molecule is COc1ccc(C(=O)C2CCN(S(=O)(=O)C3=Cc4ccccc4CC3)CC2)cc1. The number of Topliss-reactive ketones (excluding diaryl/α,β-unsaturated/α-hetero) is 1. The monoisotopic (exact) mass is 411 g/mol. The van der Waals surface area contributed by atoms with E-state index in [0.717, 1.165) is 12.0 Å².